The molecule has 0 spiro atoms. The predicted octanol–water partition coefficient (Wildman–Crippen LogP) is 2.40. The highest BCUT2D eigenvalue weighted by atomic mass is 32.2. The monoisotopic (exact) mass is 284 g/mol. The van der Waals surface area contributed by atoms with Crippen LogP contribution in [-0.2, 0) is 10.8 Å². The normalized spacial score (nSPS) is 14.0. The van der Waals surface area contributed by atoms with E-state index in [1.165, 1.54) is 6.07 Å². The van der Waals surface area contributed by atoms with Crippen molar-refractivity contribution in [2.75, 3.05) is 18.1 Å². The second-order valence-corrected chi connectivity index (χ2v) is 6.06. The van der Waals surface area contributed by atoms with Crippen LogP contribution in [-0.4, -0.2) is 27.2 Å². The van der Waals surface area contributed by atoms with Crippen molar-refractivity contribution in [2.24, 2.45) is 0 Å². The lowest BCUT2D eigenvalue weighted by atomic mass is 10.0. The van der Waals surface area contributed by atoms with Crippen molar-refractivity contribution in [2.45, 2.75) is 26.3 Å². The first-order valence-electron chi connectivity index (χ1n) is 6.41. The molecule has 0 heterocycles. The van der Waals surface area contributed by atoms with Crippen molar-refractivity contribution >= 4 is 16.5 Å². The molecule has 19 heavy (non-hydrogen) atoms. The van der Waals surface area contributed by atoms with E-state index >= 15 is 0 Å². The number of nitro benzene ring substituents is 1. The van der Waals surface area contributed by atoms with Crippen molar-refractivity contribution in [3.8, 4) is 0 Å². The molecule has 0 saturated heterocycles. The molecule has 1 rings (SSSR count). The van der Waals surface area contributed by atoms with Crippen molar-refractivity contribution in [1.29, 1.82) is 0 Å². The van der Waals surface area contributed by atoms with Crippen LogP contribution in [0.2, 0.25) is 0 Å². The van der Waals surface area contributed by atoms with Gasteiger partial charge in [0.15, 0.2) is 0 Å². The van der Waals surface area contributed by atoms with E-state index in [0.29, 0.717) is 18.1 Å². The second-order valence-electron chi connectivity index (χ2n) is 4.20. The highest BCUT2D eigenvalue weighted by Gasteiger charge is 2.13. The minimum Gasteiger partial charge on any atom is -0.309 e. The average molecular weight is 284 g/mol. The molecule has 0 aliphatic heterocycles. The van der Waals surface area contributed by atoms with Gasteiger partial charge in [-0.15, -0.1) is 0 Å². The van der Waals surface area contributed by atoms with Gasteiger partial charge in [0.25, 0.3) is 5.69 Å². The van der Waals surface area contributed by atoms with E-state index in [1.807, 2.05) is 19.9 Å². The zero-order valence-corrected chi connectivity index (χ0v) is 12.1. The largest absolute Gasteiger partial charge is 0.309 e. The molecule has 5 nitrogen and oxygen atoms in total. The molecule has 0 fully saturated rings. The summed E-state index contributed by atoms with van der Waals surface area (Å²) in [4.78, 5) is 10.4. The van der Waals surface area contributed by atoms with Gasteiger partial charge in [-0.2, -0.15) is 0 Å². The summed E-state index contributed by atoms with van der Waals surface area (Å²) in [7, 11) is -0.784. The lowest BCUT2D eigenvalue weighted by Gasteiger charge is -2.17. The van der Waals surface area contributed by atoms with Gasteiger partial charge in [-0.3, -0.25) is 14.3 Å². The zero-order chi connectivity index (χ0) is 14.3. The first-order valence-corrected chi connectivity index (χ1v) is 7.90. The maximum Gasteiger partial charge on any atom is 0.269 e. The summed E-state index contributed by atoms with van der Waals surface area (Å²) in [6, 6.07) is 6.72. The Bertz CT molecular complexity index is 451. The van der Waals surface area contributed by atoms with Crippen LogP contribution < -0.4 is 5.32 Å². The Labute approximate surface area is 116 Å². The van der Waals surface area contributed by atoms with Gasteiger partial charge >= 0.3 is 0 Å². The van der Waals surface area contributed by atoms with Crippen LogP contribution in [0, 0.1) is 10.1 Å². The van der Waals surface area contributed by atoms with E-state index in [-0.39, 0.29) is 16.7 Å². The molecule has 1 N–H and O–H groups in total. The SMILES string of the molecule is CCC(NCCS(=O)CC)c1cccc([N+](=O)[O-])c1. The Morgan fingerprint density at radius 1 is 1.42 bits per heavy atom. The summed E-state index contributed by atoms with van der Waals surface area (Å²) in [6.45, 7) is 4.57. The molecule has 0 aromatic heterocycles. The molecule has 106 valence electrons. The lowest BCUT2D eigenvalue weighted by molar-refractivity contribution is -0.384. The van der Waals surface area contributed by atoms with Gasteiger partial charge in [0.2, 0.25) is 0 Å². The molecule has 0 aliphatic carbocycles. The average Bonchev–Trinajstić information content (AvgIpc) is 2.43. The first kappa shape index (κ1) is 15.8. The third-order valence-electron chi connectivity index (χ3n) is 2.93. The molecule has 0 amide bonds. The standard InChI is InChI=1S/C13H20N2O3S/c1-3-13(14-8-9-19(18)4-2)11-6-5-7-12(10-11)15(16)17/h5-7,10,13-14H,3-4,8-9H2,1-2H3. The number of nitro groups is 1. The van der Waals surface area contributed by atoms with E-state index in [9.17, 15) is 14.3 Å². The van der Waals surface area contributed by atoms with E-state index in [2.05, 4.69) is 5.32 Å². The number of nitrogens with zero attached hydrogens (tertiary/aromatic N) is 1. The summed E-state index contributed by atoms with van der Waals surface area (Å²) in [5, 5.41) is 14.1. The zero-order valence-electron chi connectivity index (χ0n) is 11.3. The Morgan fingerprint density at radius 2 is 2.16 bits per heavy atom. The maximum atomic E-state index is 11.3. The number of benzene rings is 1. The number of rotatable bonds is 8. The molecular weight excluding hydrogens is 264 g/mol. The van der Waals surface area contributed by atoms with Gasteiger partial charge in [0.1, 0.15) is 0 Å². The Balaban J connectivity index is 2.66. The Morgan fingerprint density at radius 3 is 2.74 bits per heavy atom. The molecule has 0 saturated carbocycles. The topological polar surface area (TPSA) is 72.2 Å². The third kappa shape index (κ3) is 5.08. The fraction of sp³-hybridized carbons (Fsp3) is 0.538. The smallest absolute Gasteiger partial charge is 0.269 e. The van der Waals surface area contributed by atoms with Crippen molar-refractivity contribution in [3.63, 3.8) is 0 Å². The first-order chi connectivity index (χ1) is 9.08. The number of hydrogen-bond acceptors (Lipinski definition) is 4. The highest BCUT2D eigenvalue weighted by Crippen LogP contribution is 2.21. The predicted molar refractivity (Wildman–Crippen MR) is 77.7 cm³/mol. The highest BCUT2D eigenvalue weighted by molar-refractivity contribution is 7.84. The van der Waals surface area contributed by atoms with Crippen LogP contribution in [0.1, 0.15) is 31.9 Å². The van der Waals surface area contributed by atoms with Crippen LogP contribution in [0.15, 0.2) is 24.3 Å². The van der Waals surface area contributed by atoms with Crippen LogP contribution in [0.3, 0.4) is 0 Å². The van der Waals surface area contributed by atoms with Crippen molar-refractivity contribution in [3.05, 3.63) is 39.9 Å². The molecule has 6 heteroatoms. The third-order valence-corrected chi connectivity index (χ3v) is 4.24. The van der Waals surface area contributed by atoms with E-state index in [4.69, 9.17) is 0 Å². The van der Waals surface area contributed by atoms with Crippen molar-refractivity contribution in [1.82, 2.24) is 5.32 Å². The molecule has 0 radical (unpaired) electrons. The summed E-state index contributed by atoms with van der Waals surface area (Å²) < 4.78 is 11.3. The second kappa shape index (κ2) is 8.01. The lowest BCUT2D eigenvalue weighted by Crippen LogP contribution is -2.25. The number of nitrogens with one attached hydrogen (secondary N) is 1. The molecule has 1 aromatic carbocycles. The summed E-state index contributed by atoms with van der Waals surface area (Å²) in [5.74, 6) is 1.28. The number of hydrogen-bond donors (Lipinski definition) is 1. The van der Waals surface area contributed by atoms with Crippen LogP contribution in [0.4, 0.5) is 5.69 Å². The van der Waals surface area contributed by atoms with Crippen LogP contribution >= 0.6 is 0 Å². The maximum absolute atomic E-state index is 11.3. The number of non-ortho nitro benzene ring substituents is 1. The van der Waals surface area contributed by atoms with Gasteiger partial charge in [0.05, 0.1) is 4.92 Å². The minimum atomic E-state index is -0.784. The molecule has 2 unspecified atom stereocenters. The minimum absolute atomic E-state index is 0.0637. The summed E-state index contributed by atoms with van der Waals surface area (Å²) in [6.07, 6.45) is 0.833. The Hall–Kier alpha value is -1.27. The molecule has 0 bridgehead atoms. The van der Waals surface area contributed by atoms with Crippen LogP contribution in [0.5, 0.6) is 0 Å². The van der Waals surface area contributed by atoms with Crippen molar-refractivity contribution < 1.29 is 9.13 Å². The van der Waals surface area contributed by atoms with E-state index in [1.54, 1.807) is 12.1 Å². The van der Waals surface area contributed by atoms with E-state index < -0.39 is 10.8 Å². The van der Waals surface area contributed by atoms with Gasteiger partial charge in [0, 0.05) is 47.0 Å². The summed E-state index contributed by atoms with van der Waals surface area (Å²) >= 11 is 0. The van der Waals surface area contributed by atoms with Gasteiger partial charge < -0.3 is 5.32 Å². The fourth-order valence-electron chi connectivity index (χ4n) is 1.84. The van der Waals surface area contributed by atoms with Crippen LogP contribution in [0.25, 0.3) is 0 Å². The van der Waals surface area contributed by atoms with E-state index in [0.717, 1.165) is 12.0 Å². The quantitative estimate of drug-likeness (QED) is 0.587. The molecule has 2 atom stereocenters. The van der Waals surface area contributed by atoms with Gasteiger partial charge in [-0.1, -0.05) is 26.0 Å². The molecular formula is C13H20N2O3S. The fourth-order valence-corrected chi connectivity index (χ4v) is 2.48. The molecule has 1 aromatic rings. The summed E-state index contributed by atoms with van der Waals surface area (Å²) in [5.41, 5.74) is 1.01. The van der Waals surface area contributed by atoms with Gasteiger partial charge in [-0.05, 0) is 12.0 Å². The van der Waals surface area contributed by atoms with Gasteiger partial charge in [-0.25, -0.2) is 0 Å². The molecule has 0 aliphatic rings. The Kier molecular flexibility index (Phi) is 6.66.